The molecule has 0 bridgehead atoms. The predicted octanol–water partition coefficient (Wildman–Crippen LogP) is 3.57. The number of amides is 1. The van der Waals surface area contributed by atoms with Crippen molar-refractivity contribution in [3.63, 3.8) is 0 Å². The van der Waals surface area contributed by atoms with Crippen molar-refractivity contribution >= 4 is 38.0 Å². The van der Waals surface area contributed by atoms with Crippen LogP contribution in [-0.2, 0) is 0 Å². The fourth-order valence-electron chi connectivity index (χ4n) is 2.73. The van der Waals surface area contributed by atoms with Crippen molar-refractivity contribution in [2.45, 2.75) is 32.2 Å². The van der Waals surface area contributed by atoms with Crippen molar-refractivity contribution < 1.29 is 4.79 Å². The summed E-state index contributed by atoms with van der Waals surface area (Å²) in [5.74, 6) is 0.188. The third-order valence-electron chi connectivity index (χ3n) is 3.87. The molecule has 1 saturated heterocycles. The van der Waals surface area contributed by atoms with Crippen molar-refractivity contribution in [1.82, 2.24) is 10.2 Å². The molecule has 0 radical (unpaired) electrons. The minimum Gasteiger partial charge on any atom is -0.337 e. The molecule has 0 aromatic carbocycles. The average molecular weight is 308 g/mol. The summed E-state index contributed by atoms with van der Waals surface area (Å²) in [6.07, 6.45) is 3.72. The summed E-state index contributed by atoms with van der Waals surface area (Å²) in [5, 5.41) is 5.61. The molecule has 1 unspecified atom stereocenters. The zero-order valence-corrected chi connectivity index (χ0v) is 13.4. The lowest BCUT2D eigenvalue weighted by atomic mass is 10.0. The summed E-state index contributed by atoms with van der Waals surface area (Å²) < 4.78 is 2.45. The summed E-state index contributed by atoms with van der Waals surface area (Å²) in [5.41, 5.74) is 0. The van der Waals surface area contributed by atoms with Gasteiger partial charge in [-0.05, 0) is 43.8 Å². The van der Waals surface area contributed by atoms with E-state index in [0.717, 1.165) is 24.5 Å². The second-order valence-corrected chi connectivity index (χ2v) is 7.28. The van der Waals surface area contributed by atoms with Gasteiger partial charge in [0.05, 0.1) is 4.88 Å². The molecular weight excluding hydrogens is 288 g/mol. The highest BCUT2D eigenvalue weighted by Crippen LogP contribution is 2.30. The maximum absolute atomic E-state index is 12.6. The number of hydrogen-bond donors (Lipinski definition) is 1. The first kappa shape index (κ1) is 14.0. The molecule has 108 valence electrons. The van der Waals surface area contributed by atoms with Crippen LogP contribution in [0.2, 0.25) is 0 Å². The second kappa shape index (κ2) is 6.24. The predicted molar refractivity (Wildman–Crippen MR) is 86.9 cm³/mol. The molecule has 5 heteroatoms. The van der Waals surface area contributed by atoms with Crippen molar-refractivity contribution in [2.75, 3.05) is 19.6 Å². The van der Waals surface area contributed by atoms with E-state index in [4.69, 9.17) is 0 Å². The topological polar surface area (TPSA) is 32.3 Å². The normalized spacial score (nSPS) is 19.4. The first-order valence-corrected chi connectivity index (χ1v) is 8.97. The first-order valence-electron chi connectivity index (χ1n) is 7.27. The average Bonchev–Trinajstić information content (AvgIpc) is 3.06. The van der Waals surface area contributed by atoms with E-state index in [1.54, 1.807) is 22.7 Å². The van der Waals surface area contributed by atoms with Gasteiger partial charge in [0.2, 0.25) is 0 Å². The second-order valence-electron chi connectivity index (χ2n) is 5.25. The van der Waals surface area contributed by atoms with Crippen LogP contribution < -0.4 is 5.32 Å². The fraction of sp³-hybridized carbons (Fsp3) is 0.533. The Morgan fingerprint density at radius 2 is 2.35 bits per heavy atom. The fourth-order valence-corrected chi connectivity index (χ4v) is 4.81. The van der Waals surface area contributed by atoms with Gasteiger partial charge < -0.3 is 10.2 Å². The highest BCUT2D eigenvalue weighted by atomic mass is 32.1. The molecule has 1 amide bonds. The number of piperidine rings is 1. The molecule has 2 aromatic rings. The smallest absolute Gasteiger partial charge is 0.264 e. The van der Waals surface area contributed by atoms with Crippen LogP contribution >= 0.6 is 22.7 Å². The van der Waals surface area contributed by atoms with E-state index < -0.39 is 0 Å². The molecule has 1 fully saturated rings. The van der Waals surface area contributed by atoms with Gasteiger partial charge in [-0.15, -0.1) is 22.7 Å². The molecule has 1 aliphatic heterocycles. The number of carbonyl (C=O) groups is 1. The maximum Gasteiger partial charge on any atom is 0.264 e. The molecule has 0 saturated carbocycles. The van der Waals surface area contributed by atoms with E-state index in [-0.39, 0.29) is 5.91 Å². The molecular formula is C15H20N2OS2. The van der Waals surface area contributed by atoms with Crippen LogP contribution in [-0.4, -0.2) is 36.5 Å². The molecule has 20 heavy (non-hydrogen) atoms. The molecule has 3 rings (SSSR count). The van der Waals surface area contributed by atoms with Crippen molar-refractivity contribution in [1.29, 1.82) is 0 Å². The number of carbonyl (C=O) groups excluding carboxylic acids is 1. The molecule has 3 heterocycles. The number of likely N-dealkylation sites (N-methyl/N-ethyl adjacent to an activating group) is 1. The third kappa shape index (κ3) is 2.90. The Morgan fingerprint density at radius 3 is 3.05 bits per heavy atom. The molecule has 1 N–H and O–H groups in total. The maximum atomic E-state index is 12.6. The lowest BCUT2D eigenvalue weighted by Crippen LogP contribution is -2.45. The van der Waals surface area contributed by atoms with Crippen LogP contribution in [0.15, 0.2) is 17.5 Å². The Labute approximate surface area is 127 Å². The molecule has 1 atom stereocenters. The summed E-state index contributed by atoms with van der Waals surface area (Å²) in [6.45, 7) is 4.77. The standard InChI is InChI=1S/C15H20N2OS2/c1-2-17(10-11-5-3-4-7-16-11)15(18)14-9-13-12(20-14)6-8-19-13/h6,8-9,11,16H,2-5,7,10H2,1H3. The van der Waals surface area contributed by atoms with E-state index in [1.165, 1.54) is 28.7 Å². The lowest BCUT2D eigenvalue weighted by Gasteiger charge is -2.29. The van der Waals surface area contributed by atoms with Gasteiger partial charge in [0, 0.05) is 28.5 Å². The Kier molecular flexibility index (Phi) is 4.38. The van der Waals surface area contributed by atoms with Crippen LogP contribution in [0.1, 0.15) is 35.9 Å². The zero-order valence-electron chi connectivity index (χ0n) is 11.7. The molecule has 1 aliphatic rings. The Morgan fingerprint density at radius 1 is 1.45 bits per heavy atom. The quantitative estimate of drug-likeness (QED) is 0.936. The Hall–Kier alpha value is -0.910. The number of nitrogens with one attached hydrogen (secondary N) is 1. The molecule has 0 aliphatic carbocycles. The van der Waals surface area contributed by atoms with Crippen LogP contribution in [0.3, 0.4) is 0 Å². The van der Waals surface area contributed by atoms with Gasteiger partial charge in [0.15, 0.2) is 0 Å². The SMILES string of the molecule is CCN(CC1CCCCN1)C(=O)c1cc2sccc2s1. The monoisotopic (exact) mass is 308 g/mol. The van der Waals surface area contributed by atoms with Gasteiger partial charge in [0.1, 0.15) is 0 Å². The third-order valence-corrected chi connectivity index (χ3v) is 5.95. The minimum absolute atomic E-state index is 0.188. The summed E-state index contributed by atoms with van der Waals surface area (Å²) in [7, 11) is 0. The van der Waals surface area contributed by atoms with E-state index in [2.05, 4.69) is 23.7 Å². The lowest BCUT2D eigenvalue weighted by molar-refractivity contribution is 0.0746. The van der Waals surface area contributed by atoms with Gasteiger partial charge in [-0.1, -0.05) is 6.42 Å². The van der Waals surface area contributed by atoms with Crippen molar-refractivity contribution in [3.05, 3.63) is 22.4 Å². The largest absolute Gasteiger partial charge is 0.337 e. The van der Waals surface area contributed by atoms with Gasteiger partial charge in [-0.3, -0.25) is 4.79 Å². The Bertz CT molecular complexity index is 555. The molecule has 2 aromatic heterocycles. The van der Waals surface area contributed by atoms with Crippen LogP contribution in [0.4, 0.5) is 0 Å². The molecule has 3 nitrogen and oxygen atoms in total. The zero-order chi connectivity index (χ0) is 13.9. The van der Waals surface area contributed by atoms with Gasteiger partial charge in [-0.25, -0.2) is 0 Å². The molecule has 0 spiro atoms. The number of hydrogen-bond acceptors (Lipinski definition) is 4. The van der Waals surface area contributed by atoms with Crippen molar-refractivity contribution in [3.8, 4) is 0 Å². The van der Waals surface area contributed by atoms with Crippen LogP contribution in [0.5, 0.6) is 0 Å². The van der Waals surface area contributed by atoms with Crippen molar-refractivity contribution in [2.24, 2.45) is 0 Å². The highest BCUT2D eigenvalue weighted by molar-refractivity contribution is 7.27. The number of fused-ring (bicyclic) bond motifs is 1. The number of thiophene rings is 2. The van der Waals surface area contributed by atoms with Crippen LogP contribution in [0.25, 0.3) is 9.40 Å². The Balaban J connectivity index is 1.71. The van der Waals surface area contributed by atoms with E-state index in [1.807, 2.05) is 11.0 Å². The van der Waals surface area contributed by atoms with Gasteiger partial charge >= 0.3 is 0 Å². The summed E-state index contributed by atoms with van der Waals surface area (Å²) in [6, 6.07) is 4.61. The number of nitrogens with zero attached hydrogens (tertiary/aromatic N) is 1. The first-order chi connectivity index (χ1) is 9.78. The summed E-state index contributed by atoms with van der Waals surface area (Å²) >= 11 is 3.32. The van der Waals surface area contributed by atoms with Crippen LogP contribution in [0, 0.1) is 0 Å². The highest BCUT2D eigenvalue weighted by Gasteiger charge is 2.21. The minimum atomic E-state index is 0.188. The van der Waals surface area contributed by atoms with Gasteiger partial charge in [0.25, 0.3) is 5.91 Å². The summed E-state index contributed by atoms with van der Waals surface area (Å²) in [4.78, 5) is 15.5. The number of rotatable bonds is 4. The van der Waals surface area contributed by atoms with E-state index in [9.17, 15) is 4.79 Å². The van der Waals surface area contributed by atoms with E-state index >= 15 is 0 Å². The van der Waals surface area contributed by atoms with E-state index in [0.29, 0.717) is 6.04 Å². The van der Waals surface area contributed by atoms with Gasteiger partial charge in [-0.2, -0.15) is 0 Å².